The fourth-order valence-corrected chi connectivity index (χ4v) is 4.33. The Kier molecular flexibility index (Phi) is 4.61. The number of hydrogen-bond donors (Lipinski definition) is 2. The number of likely N-dealkylation sites (tertiary alicyclic amines) is 1. The van der Waals surface area contributed by atoms with Crippen molar-refractivity contribution in [3.05, 3.63) is 30.2 Å². The van der Waals surface area contributed by atoms with Crippen LogP contribution < -0.4 is 15.5 Å². The normalized spacial score (nSPS) is 19.6. The van der Waals surface area contributed by atoms with Gasteiger partial charge in [-0.3, -0.25) is 4.79 Å². The lowest BCUT2D eigenvalue weighted by Gasteiger charge is -2.41. The first-order chi connectivity index (χ1) is 14.6. The van der Waals surface area contributed by atoms with Gasteiger partial charge in [0.25, 0.3) is 5.91 Å². The molecule has 5 rings (SSSR count). The van der Waals surface area contributed by atoms with Crippen molar-refractivity contribution in [2.24, 2.45) is 0 Å². The molecule has 2 aliphatic rings. The first-order valence-corrected chi connectivity index (χ1v) is 10.3. The van der Waals surface area contributed by atoms with E-state index in [0.29, 0.717) is 11.2 Å². The molecule has 30 heavy (non-hydrogen) atoms. The summed E-state index contributed by atoms with van der Waals surface area (Å²) >= 11 is 0. The Balaban J connectivity index is 1.31. The number of nitrogens with two attached hydrogens (primary N) is 1. The maximum Gasteiger partial charge on any atom is 0.255 e. The van der Waals surface area contributed by atoms with Gasteiger partial charge in [0, 0.05) is 45.0 Å². The van der Waals surface area contributed by atoms with Gasteiger partial charge in [-0.15, -0.1) is 0 Å². The van der Waals surface area contributed by atoms with Gasteiger partial charge in [-0.25, -0.2) is 9.97 Å². The van der Waals surface area contributed by atoms with E-state index in [1.165, 1.54) is 0 Å². The van der Waals surface area contributed by atoms with Crippen molar-refractivity contribution in [1.82, 2.24) is 29.8 Å². The lowest BCUT2D eigenvalue weighted by Crippen LogP contribution is -2.52. The Morgan fingerprint density at radius 1 is 1.13 bits per heavy atom. The number of anilines is 3. The van der Waals surface area contributed by atoms with Crippen molar-refractivity contribution < 1.29 is 4.79 Å². The SMILES string of the molecule is CC1CN(c2nc(N)nc3[nH]cnc23)CCN1c1ccc(C(=O)N2CCCC2)cn1. The van der Waals surface area contributed by atoms with Crippen molar-refractivity contribution in [1.29, 1.82) is 0 Å². The maximum absolute atomic E-state index is 12.5. The maximum atomic E-state index is 12.5. The highest BCUT2D eigenvalue weighted by atomic mass is 16.2. The molecule has 0 bridgehead atoms. The number of nitrogen functional groups attached to an aromatic ring is 1. The zero-order chi connectivity index (χ0) is 20.7. The van der Waals surface area contributed by atoms with Gasteiger partial charge >= 0.3 is 0 Å². The Labute approximate surface area is 174 Å². The number of H-pyrrole nitrogens is 1. The molecule has 0 radical (unpaired) electrons. The van der Waals surface area contributed by atoms with E-state index >= 15 is 0 Å². The fourth-order valence-electron chi connectivity index (χ4n) is 4.33. The van der Waals surface area contributed by atoms with E-state index in [-0.39, 0.29) is 17.9 Å². The van der Waals surface area contributed by atoms with Crippen molar-refractivity contribution in [2.75, 3.05) is 48.3 Å². The van der Waals surface area contributed by atoms with E-state index in [0.717, 1.165) is 62.7 Å². The van der Waals surface area contributed by atoms with E-state index in [9.17, 15) is 4.79 Å². The number of carbonyl (C=O) groups excluding carboxylic acids is 1. The molecule has 3 N–H and O–H groups in total. The number of hydrogen-bond acceptors (Lipinski definition) is 8. The third-order valence-electron chi connectivity index (χ3n) is 5.89. The summed E-state index contributed by atoms with van der Waals surface area (Å²) in [7, 11) is 0. The predicted octanol–water partition coefficient (Wildman–Crippen LogP) is 1.28. The van der Waals surface area contributed by atoms with Gasteiger partial charge in [0.15, 0.2) is 17.0 Å². The minimum atomic E-state index is 0.0776. The molecule has 3 aromatic rings. The van der Waals surface area contributed by atoms with Gasteiger partial charge < -0.3 is 25.4 Å². The van der Waals surface area contributed by atoms with E-state index in [4.69, 9.17) is 5.73 Å². The molecule has 3 aromatic heterocycles. The topological polar surface area (TPSA) is 120 Å². The quantitative estimate of drug-likeness (QED) is 0.666. The smallest absolute Gasteiger partial charge is 0.255 e. The summed E-state index contributed by atoms with van der Waals surface area (Å²) in [6.07, 6.45) is 5.48. The third-order valence-corrected chi connectivity index (χ3v) is 5.89. The van der Waals surface area contributed by atoms with Crippen LogP contribution in [0.15, 0.2) is 24.7 Å². The minimum absolute atomic E-state index is 0.0776. The van der Waals surface area contributed by atoms with Crippen molar-refractivity contribution in [3.63, 3.8) is 0 Å². The number of aromatic amines is 1. The molecular weight excluding hydrogens is 382 g/mol. The van der Waals surface area contributed by atoms with Gasteiger partial charge in [-0.05, 0) is 31.9 Å². The molecule has 2 aliphatic heterocycles. The second-order valence-electron chi connectivity index (χ2n) is 7.90. The number of nitrogens with one attached hydrogen (secondary N) is 1. The van der Waals surface area contributed by atoms with Crippen LogP contribution in [0, 0.1) is 0 Å². The Morgan fingerprint density at radius 3 is 2.70 bits per heavy atom. The monoisotopic (exact) mass is 407 g/mol. The molecule has 0 aromatic carbocycles. The lowest BCUT2D eigenvalue weighted by molar-refractivity contribution is 0.0792. The van der Waals surface area contributed by atoms with E-state index in [2.05, 4.69) is 41.6 Å². The first kappa shape index (κ1) is 18.6. The second kappa shape index (κ2) is 7.43. The van der Waals surface area contributed by atoms with Crippen LogP contribution in [0.4, 0.5) is 17.6 Å². The molecule has 156 valence electrons. The number of piperazine rings is 1. The highest BCUT2D eigenvalue weighted by Crippen LogP contribution is 2.26. The van der Waals surface area contributed by atoms with E-state index in [1.54, 1.807) is 12.5 Å². The van der Waals surface area contributed by atoms with Crippen LogP contribution in [-0.4, -0.2) is 74.5 Å². The summed E-state index contributed by atoms with van der Waals surface area (Å²) in [6.45, 7) is 6.15. The van der Waals surface area contributed by atoms with Gasteiger partial charge in [0.1, 0.15) is 5.82 Å². The molecule has 5 heterocycles. The number of rotatable bonds is 3. The Bertz CT molecular complexity index is 1060. The van der Waals surface area contributed by atoms with Crippen molar-refractivity contribution >= 4 is 34.7 Å². The number of carbonyl (C=O) groups is 1. The highest BCUT2D eigenvalue weighted by Gasteiger charge is 2.28. The van der Waals surface area contributed by atoms with Gasteiger partial charge in [-0.2, -0.15) is 9.97 Å². The molecule has 2 fully saturated rings. The van der Waals surface area contributed by atoms with Crippen molar-refractivity contribution in [2.45, 2.75) is 25.8 Å². The molecule has 1 atom stereocenters. The van der Waals surface area contributed by atoms with Gasteiger partial charge in [0.2, 0.25) is 5.95 Å². The summed E-state index contributed by atoms with van der Waals surface area (Å²) < 4.78 is 0. The number of nitrogens with zero attached hydrogens (tertiary/aromatic N) is 7. The molecular formula is C20H25N9O. The number of fused-ring (bicyclic) bond motifs is 1. The predicted molar refractivity (Wildman–Crippen MR) is 114 cm³/mol. The molecule has 0 aliphatic carbocycles. The van der Waals surface area contributed by atoms with Crippen LogP contribution >= 0.6 is 0 Å². The first-order valence-electron chi connectivity index (χ1n) is 10.3. The Morgan fingerprint density at radius 2 is 1.97 bits per heavy atom. The van der Waals surface area contributed by atoms with Crippen LogP contribution in [0.1, 0.15) is 30.1 Å². The average Bonchev–Trinajstić information content (AvgIpc) is 3.45. The number of imidazole rings is 1. The molecule has 1 amide bonds. The molecule has 10 nitrogen and oxygen atoms in total. The molecule has 10 heteroatoms. The van der Waals surface area contributed by atoms with Crippen LogP contribution in [0.3, 0.4) is 0 Å². The molecule has 0 saturated carbocycles. The van der Waals surface area contributed by atoms with E-state index in [1.807, 2.05) is 17.0 Å². The van der Waals surface area contributed by atoms with Crippen LogP contribution in [0.25, 0.3) is 11.2 Å². The van der Waals surface area contributed by atoms with Gasteiger partial charge in [0.05, 0.1) is 11.9 Å². The second-order valence-corrected chi connectivity index (χ2v) is 7.90. The summed E-state index contributed by atoms with van der Waals surface area (Å²) in [4.78, 5) is 39.5. The van der Waals surface area contributed by atoms with Crippen molar-refractivity contribution in [3.8, 4) is 0 Å². The Hall–Kier alpha value is -3.43. The highest BCUT2D eigenvalue weighted by molar-refractivity contribution is 5.94. The molecule has 1 unspecified atom stereocenters. The van der Waals surface area contributed by atoms with Crippen LogP contribution in [0.5, 0.6) is 0 Å². The number of pyridine rings is 1. The standard InChI is InChI=1S/C20H25N9O/c1-13-11-28(18-16-17(24-12-23-16)25-20(21)26-18)8-9-29(13)15-5-4-14(10-22-15)19(30)27-6-2-3-7-27/h4-5,10,12-13H,2-3,6-9,11H2,1H3,(H3,21,23,24,25,26). The molecule has 0 spiro atoms. The van der Waals surface area contributed by atoms with Crippen LogP contribution in [0.2, 0.25) is 0 Å². The number of amides is 1. The average molecular weight is 407 g/mol. The van der Waals surface area contributed by atoms with Gasteiger partial charge in [-0.1, -0.05) is 0 Å². The summed E-state index contributed by atoms with van der Waals surface area (Å²) in [5.74, 6) is 1.95. The number of aromatic nitrogens is 5. The zero-order valence-electron chi connectivity index (χ0n) is 17.0. The summed E-state index contributed by atoms with van der Waals surface area (Å²) in [5, 5.41) is 0. The summed E-state index contributed by atoms with van der Waals surface area (Å²) in [5.41, 5.74) is 7.91. The van der Waals surface area contributed by atoms with E-state index < -0.39 is 0 Å². The van der Waals surface area contributed by atoms with Crippen LogP contribution in [-0.2, 0) is 0 Å². The minimum Gasteiger partial charge on any atom is -0.368 e. The largest absolute Gasteiger partial charge is 0.368 e. The molecule has 2 saturated heterocycles. The summed E-state index contributed by atoms with van der Waals surface area (Å²) in [6, 6.07) is 4.04. The zero-order valence-corrected chi connectivity index (χ0v) is 17.0. The lowest BCUT2D eigenvalue weighted by atomic mass is 10.1. The third kappa shape index (κ3) is 3.27. The fraction of sp³-hybridized carbons (Fsp3) is 0.450.